The quantitative estimate of drug-likeness (QED) is 0.241. The molecule has 5 aliphatic rings. The standard InChI is InChI=1S/C40H37ClFN3O6/c1-3-5-22-6-4-7-28(35(22)46)34-26-13-14-27-33(38(49)44(36(27)47)24-10-8-23(9-11-24)43-16-18-51-19-17-43)29(26)21-30-37(48)45(39(50)40(30,34)2)25-12-15-32(42)31(41)20-25/h3-4,6-13,15,20,27,29-30,33-34,46H,1,5,14,16-19,21H2,2H3. The molecule has 0 spiro atoms. The number of nitrogens with zero attached hydrogens (tertiary/aromatic N) is 3. The van der Waals surface area contributed by atoms with Gasteiger partial charge in [-0.05, 0) is 80.1 Å². The van der Waals surface area contributed by atoms with Gasteiger partial charge in [-0.1, -0.05) is 47.5 Å². The summed E-state index contributed by atoms with van der Waals surface area (Å²) in [7, 11) is 0. The van der Waals surface area contributed by atoms with Crippen molar-refractivity contribution in [3.63, 3.8) is 0 Å². The number of hydrogen-bond donors (Lipinski definition) is 1. The smallest absolute Gasteiger partial charge is 0.241 e. The van der Waals surface area contributed by atoms with E-state index in [4.69, 9.17) is 16.3 Å². The third kappa shape index (κ3) is 4.98. The van der Waals surface area contributed by atoms with Crippen molar-refractivity contribution in [3.8, 4) is 5.75 Å². The number of benzene rings is 3. The fourth-order valence-corrected chi connectivity index (χ4v) is 9.46. The number of aromatic hydroxyl groups is 1. The molecule has 0 aromatic heterocycles. The van der Waals surface area contributed by atoms with Crippen LogP contribution in [0.15, 0.2) is 85.0 Å². The molecule has 9 nitrogen and oxygen atoms in total. The number of halogens is 2. The molecule has 0 radical (unpaired) electrons. The molecule has 6 atom stereocenters. The van der Waals surface area contributed by atoms with Crippen LogP contribution in [0.5, 0.6) is 5.75 Å². The van der Waals surface area contributed by atoms with E-state index in [1.165, 1.54) is 17.0 Å². The molecule has 3 heterocycles. The topological polar surface area (TPSA) is 107 Å². The Balaban J connectivity index is 1.21. The van der Waals surface area contributed by atoms with Crippen molar-refractivity contribution in [1.82, 2.24) is 0 Å². The number of phenolic OH excluding ortho intramolecular Hbond substituents is 1. The maximum absolute atomic E-state index is 14.7. The molecule has 3 aliphatic heterocycles. The Morgan fingerprint density at radius 2 is 1.65 bits per heavy atom. The summed E-state index contributed by atoms with van der Waals surface area (Å²) in [6.07, 6.45) is 4.41. The van der Waals surface area contributed by atoms with E-state index in [0.717, 1.165) is 35.3 Å². The van der Waals surface area contributed by atoms with Crippen LogP contribution in [-0.4, -0.2) is 55.0 Å². The SMILES string of the molecule is C=CCc1cccc(C2C3=CCC4C(=O)N(c5ccc(N6CCOCC6)cc5)C(=O)C4C3CC3C(=O)N(c4ccc(F)c(Cl)c4)C(=O)C32C)c1O. The highest BCUT2D eigenvalue weighted by Crippen LogP contribution is 2.64. The van der Waals surface area contributed by atoms with Gasteiger partial charge in [0.05, 0.1) is 52.8 Å². The van der Waals surface area contributed by atoms with E-state index in [9.17, 15) is 28.7 Å². The molecule has 2 aliphatic carbocycles. The Hall–Kier alpha value is -4.80. The first-order valence-electron chi connectivity index (χ1n) is 17.3. The Labute approximate surface area is 299 Å². The summed E-state index contributed by atoms with van der Waals surface area (Å²) in [4.78, 5) is 62.2. The van der Waals surface area contributed by atoms with E-state index in [0.29, 0.717) is 36.4 Å². The van der Waals surface area contributed by atoms with Gasteiger partial charge in [-0.25, -0.2) is 9.29 Å². The highest BCUT2D eigenvalue weighted by Gasteiger charge is 2.68. The van der Waals surface area contributed by atoms with Gasteiger partial charge in [0, 0.05) is 30.3 Å². The van der Waals surface area contributed by atoms with Gasteiger partial charge in [-0.15, -0.1) is 6.58 Å². The van der Waals surface area contributed by atoms with Gasteiger partial charge in [0.2, 0.25) is 23.6 Å². The van der Waals surface area contributed by atoms with Crippen LogP contribution in [0.2, 0.25) is 5.02 Å². The number of amides is 4. The zero-order chi connectivity index (χ0) is 35.8. The zero-order valence-corrected chi connectivity index (χ0v) is 28.8. The third-order valence-electron chi connectivity index (χ3n) is 11.7. The normalized spacial score (nSPS) is 28.8. The first-order valence-corrected chi connectivity index (χ1v) is 17.7. The maximum atomic E-state index is 14.7. The van der Waals surface area contributed by atoms with Crippen LogP contribution in [0.3, 0.4) is 0 Å². The van der Waals surface area contributed by atoms with E-state index in [1.54, 1.807) is 43.3 Å². The van der Waals surface area contributed by atoms with Crippen LogP contribution in [0.25, 0.3) is 0 Å². The van der Waals surface area contributed by atoms with Gasteiger partial charge in [0.25, 0.3) is 0 Å². The number of fused-ring (bicyclic) bond motifs is 4. The average molecular weight is 710 g/mol. The van der Waals surface area contributed by atoms with E-state index in [2.05, 4.69) is 11.5 Å². The molecule has 6 unspecified atom stereocenters. The molecule has 8 rings (SSSR count). The van der Waals surface area contributed by atoms with E-state index < -0.39 is 52.6 Å². The van der Waals surface area contributed by atoms with Gasteiger partial charge in [0.15, 0.2) is 0 Å². The first-order chi connectivity index (χ1) is 24.6. The third-order valence-corrected chi connectivity index (χ3v) is 12.0. The first kappa shape index (κ1) is 33.3. The molecule has 1 N–H and O–H groups in total. The maximum Gasteiger partial charge on any atom is 0.241 e. The monoisotopic (exact) mass is 709 g/mol. The second kappa shape index (κ2) is 12.5. The number of imide groups is 2. The lowest BCUT2D eigenvalue weighted by Gasteiger charge is -2.49. The summed E-state index contributed by atoms with van der Waals surface area (Å²) in [6, 6.07) is 16.5. The molecule has 11 heteroatoms. The number of carbonyl (C=O) groups excluding carboxylic acids is 4. The van der Waals surface area contributed by atoms with Crippen LogP contribution in [0.1, 0.15) is 36.8 Å². The van der Waals surface area contributed by atoms with Crippen molar-refractivity contribution in [3.05, 3.63) is 107 Å². The van der Waals surface area contributed by atoms with Gasteiger partial charge in [-0.2, -0.15) is 0 Å². The molecule has 3 saturated heterocycles. The minimum atomic E-state index is -1.38. The minimum absolute atomic E-state index is 0.00890. The van der Waals surface area contributed by atoms with Crippen LogP contribution in [-0.2, 0) is 30.3 Å². The molecule has 4 amide bonds. The molecule has 262 valence electrons. The highest BCUT2D eigenvalue weighted by molar-refractivity contribution is 6.32. The number of para-hydroxylation sites is 1. The number of hydrogen-bond acceptors (Lipinski definition) is 7. The lowest BCUT2D eigenvalue weighted by atomic mass is 9.51. The van der Waals surface area contributed by atoms with Gasteiger partial charge in [0.1, 0.15) is 11.6 Å². The van der Waals surface area contributed by atoms with Gasteiger partial charge < -0.3 is 14.7 Å². The molecule has 3 aromatic carbocycles. The number of allylic oxidation sites excluding steroid dienone is 3. The molecular formula is C40H37ClFN3O6. The summed E-state index contributed by atoms with van der Waals surface area (Å²) in [5, 5.41) is 11.5. The number of phenols is 1. The van der Waals surface area contributed by atoms with Crippen molar-refractivity contribution in [1.29, 1.82) is 0 Å². The van der Waals surface area contributed by atoms with E-state index >= 15 is 0 Å². The van der Waals surface area contributed by atoms with Crippen LogP contribution in [0, 0.1) is 34.9 Å². The Morgan fingerprint density at radius 1 is 0.941 bits per heavy atom. The van der Waals surface area contributed by atoms with Crippen molar-refractivity contribution >= 4 is 52.3 Å². The molecular weight excluding hydrogens is 673 g/mol. The summed E-state index contributed by atoms with van der Waals surface area (Å²) in [5.74, 6) is -6.00. The fraction of sp³-hybridized carbons (Fsp3) is 0.350. The molecule has 3 aromatic rings. The second-order valence-electron chi connectivity index (χ2n) is 14.2. The van der Waals surface area contributed by atoms with Crippen LogP contribution >= 0.6 is 11.6 Å². The van der Waals surface area contributed by atoms with Crippen molar-refractivity contribution in [2.75, 3.05) is 41.0 Å². The second-order valence-corrected chi connectivity index (χ2v) is 14.6. The number of morpholine rings is 1. The Kier molecular flexibility index (Phi) is 8.14. The van der Waals surface area contributed by atoms with Crippen molar-refractivity contribution in [2.24, 2.45) is 29.1 Å². The lowest BCUT2D eigenvalue weighted by Crippen LogP contribution is -2.49. The minimum Gasteiger partial charge on any atom is -0.507 e. The van der Waals surface area contributed by atoms with Gasteiger partial charge >= 0.3 is 0 Å². The summed E-state index contributed by atoms with van der Waals surface area (Å²) >= 11 is 6.11. The van der Waals surface area contributed by atoms with Crippen LogP contribution in [0.4, 0.5) is 21.5 Å². The summed E-state index contributed by atoms with van der Waals surface area (Å²) < 4.78 is 19.7. The van der Waals surface area contributed by atoms with Gasteiger partial charge in [-0.3, -0.25) is 24.1 Å². The van der Waals surface area contributed by atoms with E-state index in [1.807, 2.05) is 18.2 Å². The summed E-state index contributed by atoms with van der Waals surface area (Å²) in [6.45, 7) is 8.32. The number of carbonyl (C=O) groups is 4. The zero-order valence-electron chi connectivity index (χ0n) is 28.1. The fourth-order valence-electron chi connectivity index (χ4n) is 9.28. The predicted molar refractivity (Wildman–Crippen MR) is 190 cm³/mol. The predicted octanol–water partition coefficient (Wildman–Crippen LogP) is 6.19. The number of rotatable bonds is 6. The van der Waals surface area contributed by atoms with Crippen LogP contribution < -0.4 is 14.7 Å². The van der Waals surface area contributed by atoms with Crippen molar-refractivity contribution in [2.45, 2.75) is 32.1 Å². The number of anilines is 3. The van der Waals surface area contributed by atoms with Crippen molar-refractivity contribution < 1.29 is 33.4 Å². The molecule has 4 fully saturated rings. The number of ether oxygens (including phenoxy) is 1. The molecule has 1 saturated carbocycles. The molecule has 0 bridgehead atoms. The highest BCUT2D eigenvalue weighted by atomic mass is 35.5. The average Bonchev–Trinajstić information content (AvgIpc) is 3.50. The van der Waals surface area contributed by atoms with E-state index in [-0.39, 0.29) is 41.1 Å². The Bertz CT molecular complexity index is 2030. The largest absolute Gasteiger partial charge is 0.507 e. The lowest BCUT2D eigenvalue weighted by molar-refractivity contribution is -0.131. The summed E-state index contributed by atoms with van der Waals surface area (Å²) in [5.41, 5.74) is 2.05. The Morgan fingerprint density at radius 3 is 2.35 bits per heavy atom. The molecule has 51 heavy (non-hydrogen) atoms.